The average Bonchev–Trinajstić information content (AvgIpc) is 2.69. The van der Waals surface area contributed by atoms with E-state index in [1.165, 1.54) is 0 Å². The van der Waals surface area contributed by atoms with Crippen molar-refractivity contribution in [3.05, 3.63) is 36.4 Å². The number of rotatable bonds is 11. The van der Waals surface area contributed by atoms with Gasteiger partial charge in [-0.1, -0.05) is 0 Å². The van der Waals surface area contributed by atoms with E-state index in [1.54, 1.807) is 6.07 Å². The van der Waals surface area contributed by atoms with Gasteiger partial charge in [-0.15, -0.1) is 0 Å². The van der Waals surface area contributed by atoms with Gasteiger partial charge in [0.2, 0.25) is 0 Å². The second kappa shape index (κ2) is 10.6. The minimum absolute atomic E-state index is 0.00528. The molecule has 8 heteroatoms. The van der Waals surface area contributed by atoms with Crippen LogP contribution in [0.5, 0.6) is 0 Å². The molecule has 8 nitrogen and oxygen atoms in total. The van der Waals surface area contributed by atoms with Crippen LogP contribution in [0.4, 0.5) is 22.7 Å². The van der Waals surface area contributed by atoms with Crippen LogP contribution in [0.1, 0.15) is 0 Å². The second-order valence-electron chi connectivity index (χ2n) is 6.08. The highest BCUT2D eigenvalue weighted by molar-refractivity contribution is 5.89. The summed E-state index contributed by atoms with van der Waals surface area (Å²) in [5.74, 6) is 0. The van der Waals surface area contributed by atoms with E-state index in [-0.39, 0.29) is 26.4 Å². The number of benzene rings is 2. The lowest BCUT2D eigenvalue weighted by molar-refractivity contribution is 0.105. The molecule has 1 atom stereocenters. The zero-order chi connectivity index (χ0) is 19.6. The topological polar surface area (TPSA) is 143 Å². The zero-order valence-electron chi connectivity index (χ0n) is 15.2. The summed E-state index contributed by atoms with van der Waals surface area (Å²) in [5.41, 5.74) is 10.6. The Bertz CT molecular complexity index is 727. The van der Waals surface area contributed by atoms with Crippen LogP contribution in [0.2, 0.25) is 0 Å². The Kier molecular flexibility index (Phi) is 8.15. The van der Waals surface area contributed by atoms with Gasteiger partial charge in [0.15, 0.2) is 0 Å². The number of nitrogen functional groups attached to an aromatic ring is 1. The Morgan fingerprint density at radius 3 is 2.15 bits per heavy atom. The molecule has 0 aliphatic carbocycles. The van der Waals surface area contributed by atoms with Gasteiger partial charge in [-0.2, -0.15) is 0 Å². The number of hydrogen-bond donors (Lipinski definition) is 8. The van der Waals surface area contributed by atoms with Crippen LogP contribution in [0.15, 0.2) is 36.4 Å². The highest BCUT2D eigenvalue weighted by atomic mass is 16.3. The molecule has 1 unspecified atom stereocenters. The molecule has 0 aliphatic rings. The Hall–Kier alpha value is -2.52. The number of anilines is 4. The first kappa shape index (κ1) is 20.8. The first-order valence-electron chi connectivity index (χ1n) is 8.85. The van der Waals surface area contributed by atoms with E-state index in [2.05, 4.69) is 16.0 Å². The SMILES string of the molecule is Nc1ccc(NCC(O)CO)c(-c2cc(NCCO)ccc2NCCO)c1. The standard InChI is InChI=1S/C19H28N4O4/c20-13-1-3-19(23-11-15(27)12-26)16(9-13)17-10-14(21-5-7-24)2-4-18(17)22-6-8-25/h1-4,9-10,15,21-27H,5-8,11-12,20H2. The van der Waals surface area contributed by atoms with Crippen LogP contribution in [0.25, 0.3) is 11.1 Å². The summed E-state index contributed by atoms with van der Waals surface area (Å²) in [7, 11) is 0. The van der Waals surface area contributed by atoms with E-state index >= 15 is 0 Å². The Morgan fingerprint density at radius 1 is 0.815 bits per heavy atom. The van der Waals surface area contributed by atoms with E-state index < -0.39 is 6.10 Å². The molecule has 27 heavy (non-hydrogen) atoms. The van der Waals surface area contributed by atoms with Gasteiger partial charge in [0, 0.05) is 53.5 Å². The predicted octanol–water partition coefficient (Wildman–Crippen LogP) is 0.509. The molecule has 0 bridgehead atoms. The van der Waals surface area contributed by atoms with Gasteiger partial charge in [0.25, 0.3) is 0 Å². The molecular weight excluding hydrogens is 348 g/mol. The molecule has 148 valence electrons. The summed E-state index contributed by atoms with van der Waals surface area (Å²) in [6.45, 7) is 0.688. The first-order chi connectivity index (χ1) is 13.1. The van der Waals surface area contributed by atoms with E-state index in [1.807, 2.05) is 30.3 Å². The number of hydrogen-bond acceptors (Lipinski definition) is 8. The minimum atomic E-state index is -0.875. The van der Waals surface area contributed by atoms with Crippen LogP contribution in [0.3, 0.4) is 0 Å². The lowest BCUT2D eigenvalue weighted by atomic mass is 9.99. The van der Waals surface area contributed by atoms with Crippen molar-refractivity contribution >= 4 is 22.7 Å². The van der Waals surface area contributed by atoms with Gasteiger partial charge in [-0.3, -0.25) is 0 Å². The highest BCUT2D eigenvalue weighted by Crippen LogP contribution is 2.37. The third-order valence-electron chi connectivity index (χ3n) is 3.96. The van der Waals surface area contributed by atoms with Crippen molar-refractivity contribution in [2.45, 2.75) is 6.10 Å². The fraction of sp³-hybridized carbons (Fsp3) is 0.368. The van der Waals surface area contributed by atoms with Crippen molar-refractivity contribution in [2.75, 3.05) is 61.1 Å². The third-order valence-corrected chi connectivity index (χ3v) is 3.96. The minimum Gasteiger partial charge on any atom is -0.399 e. The van der Waals surface area contributed by atoms with E-state index in [4.69, 9.17) is 21.1 Å². The van der Waals surface area contributed by atoms with E-state index in [0.717, 1.165) is 28.2 Å². The quantitative estimate of drug-likeness (QED) is 0.265. The Morgan fingerprint density at radius 2 is 1.44 bits per heavy atom. The van der Waals surface area contributed by atoms with Gasteiger partial charge >= 0.3 is 0 Å². The summed E-state index contributed by atoms with van der Waals surface area (Å²) < 4.78 is 0. The maximum Gasteiger partial charge on any atom is 0.0942 e. The maximum atomic E-state index is 9.64. The average molecular weight is 376 g/mol. The fourth-order valence-corrected chi connectivity index (χ4v) is 2.65. The molecule has 0 aromatic heterocycles. The monoisotopic (exact) mass is 376 g/mol. The van der Waals surface area contributed by atoms with Crippen LogP contribution >= 0.6 is 0 Å². The van der Waals surface area contributed by atoms with Crippen molar-refractivity contribution in [1.82, 2.24) is 0 Å². The fourth-order valence-electron chi connectivity index (χ4n) is 2.65. The summed E-state index contributed by atoms with van der Waals surface area (Å²) in [6.07, 6.45) is -0.875. The molecule has 0 saturated carbocycles. The normalized spacial score (nSPS) is 11.9. The van der Waals surface area contributed by atoms with Gasteiger partial charge < -0.3 is 42.1 Å². The number of nitrogens with one attached hydrogen (secondary N) is 3. The van der Waals surface area contributed by atoms with Crippen LogP contribution in [0, 0.1) is 0 Å². The molecule has 0 saturated heterocycles. The smallest absolute Gasteiger partial charge is 0.0942 e. The van der Waals surface area contributed by atoms with E-state index in [0.29, 0.717) is 18.8 Å². The van der Waals surface area contributed by atoms with E-state index in [9.17, 15) is 5.11 Å². The van der Waals surface area contributed by atoms with Gasteiger partial charge in [0.05, 0.1) is 25.9 Å². The molecule has 2 rings (SSSR count). The molecule has 0 radical (unpaired) electrons. The van der Waals surface area contributed by atoms with Crippen LogP contribution < -0.4 is 21.7 Å². The highest BCUT2D eigenvalue weighted by Gasteiger charge is 2.13. The lowest BCUT2D eigenvalue weighted by Gasteiger charge is -2.19. The predicted molar refractivity (Wildman–Crippen MR) is 109 cm³/mol. The molecule has 0 amide bonds. The Balaban J connectivity index is 2.44. The Labute approximate surface area is 158 Å². The van der Waals surface area contributed by atoms with Crippen molar-refractivity contribution in [2.24, 2.45) is 0 Å². The summed E-state index contributed by atoms with van der Waals surface area (Å²) in [4.78, 5) is 0. The van der Waals surface area contributed by atoms with Gasteiger partial charge in [-0.25, -0.2) is 0 Å². The molecule has 0 heterocycles. The zero-order valence-corrected chi connectivity index (χ0v) is 15.2. The summed E-state index contributed by atoms with van der Waals surface area (Å²) >= 11 is 0. The number of aliphatic hydroxyl groups is 4. The molecular formula is C19H28N4O4. The lowest BCUT2D eigenvalue weighted by Crippen LogP contribution is -2.23. The molecule has 0 aliphatic heterocycles. The molecule has 0 fully saturated rings. The number of nitrogens with two attached hydrogens (primary N) is 1. The van der Waals surface area contributed by atoms with Crippen LogP contribution in [-0.4, -0.2) is 66.0 Å². The van der Waals surface area contributed by atoms with Crippen molar-refractivity contribution in [3.8, 4) is 11.1 Å². The second-order valence-corrected chi connectivity index (χ2v) is 6.08. The number of aliphatic hydroxyl groups excluding tert-OH is 4. The molecule has 2 aromatic carbocycles. The van der Waals surface area contributed by atoms with Crippen molar-refractivity contribution in [1.29, 1.82) is 0 Å². The van der Waals surface area contributed by atoms with Gasteiger partial charge in [0.1, 0.15) is 0 Å². The first-order valence-corrected chi connectivity index (χ1v) is 8.85. The van der Waals surface area contributed by atoms with Gasteiger partial charge in [-0.05, 0) is 36.4 Å². The largest absolute Gasteiger partial charge is 0.399 e. The molecule has 0 spiro atoms. The molecule has 2 aromatic rings. The molecule has 9 N–H and O–H groups in total. The van der Waals surface area contributed by atoms with Crippen molar-refractivity contribution < 1.29 is 20.4 Å². The maximum absolute atomic E-state index is 9.64. The van der Waals surface area contributed by atoms with Crippen LogP contribution in [-0.2, 0) is 0 Å². The summed E-state index contributed by atoms with van der Waals surface area (Å²) in [6, 6.07) is 11.1. The summed E-state index contributed by atoms with van der Waals surface area (Å²) in [5, 5.41) is 46.3. The van der Waals surface area contributed by atoms with Crippen molar-refractivity contribution in [3.63, 3.8) is 0 Å². The third kappa shape index (κ3) is 6.00.